The van der Waals surface area contributed by atoms with Crippen LogP contribution < -0.4 is 4.90 Å². The zero-order chi connectivity index (χ0) is 21.4. The Morgan fingerprint density at radius 1 is 1.03 bits per heavy atom. The number of ether oxygens (including phenoxy) is 1. The SMILES string of the molecule is Cc1noc(N2C=COC2c2ccc(-c3ccccc3)c(Cn3nnnc3C)c2)c1C. The molecular formula is C23H22N6O2. The van der Waals surface area contributed by atoms with Crippen molar-refractivity contribution in [2.75, 3.05) is 4.90 Å². The summed E-state index contributed by atoms with van der Waals surface area (Å²) in [7, 11) is 0. The lowest BCUT2D eigenvalue weighted by atomic mass is 9.96. The van der Waals surface area contributed by atoms with Crippen molar-refractivity contribution in [3.05, 3.63) is 89.2 Å². The molecule has 1 aliphatic rings. The summed E-state index contributed by atoms with van der Waals surface area (Å²) < 4.78 is 13.3. The van der Waals surface area contributed by atoms with Gasteiger partial charge in [0.25, 0.3) is 0 Å². The summed E-state index contributed by atoms with van der Waals surface area (Å²) in [5.41, 5.74) is 6.22. The fourth-order valence-electron chi connectivity index (χ4n) is 3.73. The Morgan fingerprint density at radius 3 is 2.58 bits per heavy atom. The van der Waals surface area contributed by atoms with Crippen molar-refractivity contribution in [3.63, 3.8) is 0 Å². The van der Waals surface area contributed by atoms with Gasteiger partial charge in [-0.2, -0.15) is 0 Å². The molecule has 3 heterocycles. The molecule has 2 aromatic heterocycles. The summed E-state index contributed by atoms with van der Waals surface area (Å²) in [4.78, 5) is 1.96. The van der Waals surface area contributed by atoms with Gasteiger partial charge in [0.05, 0.1) is 12.2 Å². The summed E-state index contributed by atoms with van der Waals surface area (Å²) in [6.45, 7) is 6.37. The molecule has 8 heteroatoms. The normalized spacial score (nSPS) is 15.5. The molecule has 0 bridgehead atoms. The molecule has 0 amide bonds. The third kappa shape index (κ3) is 3.46. The zero-order valence-electron chi connectivity index (χ0n) is 17.6. The highest BCUT2D eigenvalue weighted by Gasteiger charge is 2.29. The molecule has 0 radical (unpaired) electrons. The maximum atomic E-state index is 5.94. The quantitative estimate of drug-likeness (QED) is 0.481. The smallest absolute Gasteiger partial charge is 0.237 e. The van der Waals surface area contributed by atoms with Gasteiger partial charge in [-0.15, -0.1) is 5.10 Å². The Hall–Kier alpha value is -3.94. The number of hydrogen-bond donors (Lipinski definition) is 0. The lowest BCUT2D eigenvalue weighted by Crippen LogP contribution is -2.20. The van der Waals surface area contributed by atoms with Crippen molar-refractivity contribution in [2.24, 2.45) is 0 Å². The molecule has 31 heavy (non-hydrogen) atoms. The van der Waals surface area contributed by atoms with E-state index in [1.807, 2.05) is 50.1 Å². The monoisotopic (exact) mass is 414 g/mol. The lowest BCUT2D eigenvalue weighted by Gasteiger charge is -2.23. The van der Waals surface area contributed by atoms with E-state index in [1.54, 1.807) is 10.9 Å². The van der Waals surface area contributed by atoms with Gasteiger partial charge in [0, 0.05) is 17.3 Å². The van der Waals surface area contributed by atoms with Gasteiger partial charge < -0.3 is 9.26 Å². The van der Waals surface area contributed by atoms with Crippen LogP contribution in [0, 0.1) is 20.8 Å². The number of tetrazole rings is 1. The van der Waals surface area contributed by atoms with Crippen LogP contribution in [0.5, 0.6) is 0 Å². The average Bonchev–Trinajstić information content (AvgIpc) is 3.51. The van der Waals surface area contributed by atoms with E-state index in [4.69, 9.17) is 9.26 Å². The van der Waals surface area contributed by atoms with Gasteiger partial charge in [-0.05, 0) is 54.0 Å². The predicted octanol–water partition coefficient (Wildman–Crippen LogP) is 4.31. The van der Waals surface area contributed by atoms with Crippen LogP contribution in [-0.2, 0) is 11.3 Å². The molecule has 0 saturated heterocycles. The molecule has 156 valence electrons. The summed E-state index contributed by atoms with van der Waals surface area (Å²) >= 11 is 0. The number of aromatic nitrogens is 5. The Bertz CT molecular complexity index is 1240. The van der Waals surface area contributed by atoms with Crippen LogP contribution in [0.4, 0.5) is 5.88 Å². The fourth-order valence-corrected chi connectivity index (χ4v) is 3.73. The van der Waals surface area contributed by atoms with E-state index in [2.05, 4.69) is 51.0 Å². The van der Waals surface area contributed by atoms with Gasteiger partial charge in [-0.3, -0.25) is 4.90 Å². The van der Waals surface area contributed by atoms with Crippen molar-refractivity contribution in [1.82, 2.24) is 25.4 Å². The Kier molecular flexibility index (Phi) is 4.74. The second-order valence-electron chi connectivity index (χ2n) is 7.55. The molecule has 5 rings (SSSR count). The van der Waals surface area contributed by atoms with Gasteiger partial charge in [0.2, 0.25) is 12.1 Å². The Morgan fingerprint density at radius 2 is 1.87 bits per heavy atom. The van der Waals surface area contributed by atoms with Gasteiger partial charge >= 0.3 is 0 Å². The van der Waals surface area contributed by atoms with Gasteiger partial charge in [-0.25, -0.2) is 4.68 Å². The molecule has 1 aliphatic heterocycles. The van der Waals surface area contributed by atoms with Crippen LogP contribution in [-0.4, -0.2) is 25.4 Å². The minimum absolute atomic E-state index is 0.343. The first-order chi connectivity index (χ1) is 15.1. The number of anilines is 1. The van der Waals surface area contributed by atoms with Crippen LogP contribution >= 0.6 is 0 Å². The summed E-state index contributed by atoms with van der Waals surface area (Å²) in [5.74, 6) is 1.44. The molecule has 8 nitrogen and oxygen atoms in total. The third-order valence-electron chi connectivity index (χ3n) is 5.58. The van der Waals surface area contributed by atoms with Crippen molar-refractivity contribution in [3.8, 4) is 11.1 Å². The van der Waals surface area contributed by atoms with Gasteiger partial charge in [0.1, 0.15) is 12.1 Å². The van der Waals surface area contributed by atoms with Gasteiger partial charge in [-0.1, -0.05) is 47.6 Å². The van der Waals surface area contributed by atoms with E-state index in [9.17, 15) is 0 Å². The number of nitrogens with zero attached hydrogens (tertiary/aromatic N) is 6. The molecule has 0 N–H and O–H groups in total. The van der Waals surface area contributed by atoms with E-state index >= 15 is 0 Å². The molecule has 0 saturated carbocycles. The maximum Gasteiger partial charge on any atom is 0.237 e. The van der Waals surface area contributed by atoms with Gasteiger partial charge in [0.15, 0.2) is 0 Å². The van der Waals surface area contributed by atoms with Crippen LogP contribution in [0.15, 0.2) is 65.5 Å². The number of rotatable bonds is 5. The molecule has 0 aliphatic carbocycles. The first kappa shape index (κ1) is 19.0. The second-order valence-corrected chi connectivity index (χ2v) is 7.55. The number of aryl methyl sites for hydroxylation is 2. The summed E-state index contributed by atoms with van der Waals surface area (Å²) in [5, 5.41) is 16.0. The van der Waals surface area contributed by atoms with Crippen LogP contribution in [0.3, 0.4) is 0 Å². The summed E-state index contributed by atoms with van der Waals surface area (Å²) in [6.07, 6.45) is 3.20. The second kappa shape index (κ2) is 7.71. The van der Waals surface area contributed by atoms with Crippen molar-refractivity contribution >= 4 is 5.88 Å². The minimum Gasteiger partial charge on any atom is -0.472 e. The molecule has 0 spiro atoms. The Balaban J connectivity index is 1.56. The standard InChI is InChI=1S/C23H22N6O2/c1-15-16(2)25-31-22(15)28-11-12-30-23(28)19-9-10-21(18-7-5-4-6-8-18)20(13-19)14-29-17(3)24-26-27-29/h4-13,23H,14H2,1-3H3. The van der Waals surface area contributed by atoms with Crippen molar-refractivity contribution in [1.29, 1.82) is 0 Å². The van der Waals surface area contributed by atoms with Crippen molar-refractivity contribution < 1.29 is 9.26 Å². The molecule has 0 fully saturated rings. The zero-order valence-corrected chi connectivity index (χ0v) is 17.6. The number of hydrogen-bond acceptors (Lipinski definition) is 7. The Labute approximate surface area is 179 Å². The largest absolute Gasteiger partial charge is 0.472 e. The highest BCUT2D eigenvalue weighted by molar-refractivity contribution is 5.68. The highest BCUT2D eigenvalue weighted by Crippen LogP contribution is 2.37. The maximum absolute atomic E-state index is 5.94. The average molecular weight is 414 g/mol. The van der Waals surface area contributed by atoms with Crippen LogP contribution in [0.2, 0.25) is 0 Å². The van der Waals surface area contributed by atoms with Crippen LogP contribution in [0.25, 0.3) is 11.1 Å². The van der Waals surface area contributed by atoms with Crippen molar-refractivity contribution in [2.45, 2.75) is 33.5 Å². The van der Waals surface area contributed by atoms with E-state index in [0.717, 1.165) is 39.3 Å². The molecule has 1 atom stereocenters. The van der Waals surface area contributed by atoms with Crippen LogP contribution in [0.1, 0.15) is 34.4 Å². The molecule has 4 aromatic rings. The van der Waals surface area contributed by atoms with E-state index in [0.29, 0.717) is 12.4 Å². The van der Waals surface area contributed by atoms with E-state index in [-0.39, 0.29) is 6.23 Å². The molecular weight excluding hydrogens is 392 g/mol. The predicted molar refractivity (Wildman–Crippen MR) is 115 cm³/mol. The highest BCUT2D eigenvalue weighted by atomic mass is 16.5. The number of benzene rings is 2. The first-order valence-corrected chi connectivity index (χ1v) is 10.1. The third-order valence-corrected chi connectivity index (χ3v) is 5.58. The molecule has 1 unspecified atom stereocenters. The summed E-state index contributed by atoms with van der Waals surface area (Å²) in [6, 6.07) is 16.6. The topological polar surface area (TPSA) is 82.1 Å². The minimum atomic E-state index is -0.343. The first-order valence-electron chi connectivity index (χ1n) is 10.1. The molecule has 2 aromatic carbocycles. The lowest BCUT2D eigenvalue weighted by molar-refractivity contribution is 0.169. The van der Waals surface area contributed by atoms with E-state index in [1.165, 1.54) is 0 Å². The fraction of sp³-hybridized carbons (Fsp3) is 0.217. The van der Waals surface area contributed by atoms with E-state index < -0.39 is 0 Å².